The molecular weight excluding hydrogens is 368 g/mol. The first-order valence-corrected chi connectivity index (χ1v) is 8.16. The van der Waals surface area contributed by atoms with E-state index in [4.69, 9.17) is 12.2 Å². The Morgan fingerprint density at radius 1 is 1.07 bits per heavy atom. The molecule has 0 unspecified atom stereocenters. The molecule has 0 aliphatic heterocycles. The van der Waals surface area contributed by atoms with Gasteiger partial charge in [-0.15, -0.1) is 0 Å². The van der Waals surface area contributed by atoms with Gasteiger partial charge in [0, 0.05) is 36.5 Å². The minimum Gasteiger partial charge on any atom is -0.332 e. The Morgan fingerprint density at radius 3 is 2.30 bits per heavy atom. The average Bonchev–Trinajstić information content (AvgIpc) is 2.61. The van der Waals surface area contributed by atoms with Crippen molar-refractivity contribution in [2.24, 2.45) is 0 Å². The highest BCUT2D eigenvalue weighted by molar-refractivity contribution is 7.80. The third-order valence-electron chi connectivity index (χ3n) is 3.21. The highest BCUT2D eigenvalue weighted by Crippen LogP contribution is 2.15. The lowest BCUT2D eigenvalue weighted by Crippen LogP contribution is -2.32. The Balaban J connectivity index is 1.93. The number of amides is 2. The van der Waals surface area contributed by atoms with Crippen LogP contribution < -0.4 is 16.0 Å². The Bertz CT molecular complexity index is 910. The fraction of sp³-hybridized carbons (Fsp3) is 0.0556. The van der Waals surface area contributed by atoms with Gasteiger partial charge in [0.1, 0.15) is 0 Å². The van der Waals surface area contributed by atoms with Crippen molar-refractivity contribution in [3.63, 3.8) is 0 Å². The summed E-state index contributed by atoms with van der Waals surface area (Å²) in [5.41, 5.74) is 1.71. The minimum absolute atomic E-state index is 0.0437. The number of nitrogens with zero attached hydrogens (tertiary/aromatic N) is 1. The molecular formula is C18H16N4O4S. The van der Waals surface area contributed by atoms with Crippen LogP contribution in [-0.4, -0.2) is 21.9 Å². The number of carbonyl (C=O) groups excluding carboxylic acids is 2. The van der Waals surface area contributed by atoms with Gasteiger partial charge in [0.15, 0.2) is 5.11 Å². The van der Waals surface area contributed by atoms with Crippen molar-refractivity contribution in [3.8, 4) is 0 Å². The molecule has 2 amide bonds. The second kappa shape index (κ2) is 9.20. The van der Waals surface area contributed by atoms with Gasteiger partial charge in [0.05, 0.1) is 4.92 Å². The molecule has 0 radical (unpaired) electrons. The fourth-order valence-electron chi connectivity index (χ4n) is 2.06. The van der Waals surface area contributed by atoms with Gasteiger partial charge < -0.3 is 16.0 Å². The molecule has 0 aromatic heterocycles. The second-order valence-corrected chi connectivity index (χ2v) is 5.80. The van der Waals surface area contributed by atoms with Crippen LogP contribution >= 0.6 is 12.2 Å². The summed E-state index contributed by atoms with van der Waals surface area (Å²) in [4.78, 5) is 33.1. The number of hydrogen-bond donors (Lipinski definition) is 3. The van der Waals surface area contributed by atoms with Crippen LogP contribution in [0, 0.1) is 10.1 Å². The molecule has 9 heteroatoms. The molecule has 0 atom stereocenters. The number of nitro groups is 1. The number of anilines is 2. The Morgan fingerprint density at radius 2 is 1.70 bits per heavy atom. The lowest BCUT2D eigenvalue weighted by molar-refractivity contribution is -0.384. The molecule has 27 heavy (non-hydrogen) atoms. The van der Waals surface area contributed by atoms with Crippen LogP contribution in [-0.2, 0) is 9.59 Å². The highest BCUT2D eigenvalue weighted by atomic mass is 32.1. The van der Waals surface area contributed by atoms with E-state index < -0.39 is 4.92 Å². The fourth-order valence-corrected chi connectivity index (χ4v) is 2.32. The monoisotopic (exact) mass is 384 g/mol. The Labute approximate surface area is 160 Å². The summed E-state index contributed by atoms with van der Waals surface area (Å²) < 4.78 is 0. The zero-order valence-electron chi connectivity index (χ0n) is 14.3. The molecule has 0 fully saturated rings. The van der Waals surface area contributed by atoms with Crippen molar-refractivity contribution >= 4 is 52.3 Å². The summed E-state index contributed by atoms with van der Waals surface area (Å²) in [5, 5.41) is 18.9. The molecule has 3 N–H and O–H groups in total. The first kappa shape index (κ1) is 19.7. The first-order valence-electron chi connectivity index (χ1n) is 7.75. The highest BCUT2D eigenvalue weighted by Gasteiger charge is 2.05. The van der Waals surface area contributed by atoms with E-state index in [0.717, 1.165) is 0 Å². The van der Waals surface area contributed by atoms with Crippen molar-refractivity contribution in [2.75, 3.05) is 10.6 Å². The van der Waals surface area contributed by atoms with Gasteiger partial charge in [0.25, 0.3) is 5.69 Å². The largest absolute Gasteiger partial charge is 0.332 e. The second-order valence-electron chi connectivity index (χ2n) is 5.39. The van der Waals surface area contributed by atoms with E-state index in [0.29, 0.717) is 16.9 Å². The standard InChI is InChI=1S/C18H16N4O4S/c1-12(23)19-18(27)21-15-8-6-14(7-9-15)20-17(24)10-5-13-3-2-4-16(11-13)22(25)26/h2-11H,1H3,(H,20,24)(H2,19,21,23,27). The minimum atomic E-state index is -0.495. The predicted octanol–water partition coefficient (Wildman–Crippen LogP) is 3.08. The maximum absolute atomic E-state index is 12.0. The third-order valence-corrected chi connectivity index (χ3v) is 3.41. The SMILES string of the molecule is CC(=O)NC(=S)Nc1ccc(NC(=O)C=Cc2cccc([N+](=O)[O-])c2)cc1. The molecule has 0 heterocycles. The van der Waals surface area contributed by atoms with Crippen molar-refractivity contribution in [1.82, 2.24) is 5.32 Å². The van der Waals surface area contributed by atoms with Crippen molar-refractivity contribution in [1.29, 1.82) is 0 Å². The van der Waals surface area contributed by atoms with Crippen molar-refractivity contribution < 1.29 is 14.5 Å². The molecule has 0 saturated heterocycles. The number of hydrogen-bond acceptors (Lipinski definition) is 5. The summed E-state index contributed by atoms with van der Waals surface area (Å²) in [6, 6.07) is 12.7. The number of nitrogens with one attached hydrogen (secondary N) is 3. The van der Waals surface area contributed by atoms with Gasteiger partial charge in [-0.05, 0) is 48.1 Å². The van der Waals surface area contributed by atoms with Crippen LogP contribution in [0.2, 0.25) is 0 Å². The van der Waals surface area contributed by atoms with Crippen LogP contribution in [0.4, 0.5) is 17.1 Å². The average molecular weight is 384 g/mol. The number of carbonyl (C=O) groups is 2. The van der Waals surface area contributed by atoms with E-state index in [9.17, 15) is 19.7 Å². The van der Waals surface area contributed by atoms with Crippen molar-refractivity contribution in [2.45, 2.75) is 6.92 Å². The van der Waals surface area contributed by atoms with E-state index in [-0.39, 0.29) is 22.6 Å². The molecule has 0 saturated carbocycles. The van der Waals surface area contributed by atoms with Crippen LogP contribution in [0.1, 0.15) is 12.5 Å². The summed E-state index contributed by atoms with van der Waals surface area (Å²) in [6.07, 6.45) is 2.78. The zero-order chi connectivity index (χ0) is 19.8. The van der Waals surface area contributed by atoms with Gasteiger partial charge in [-0.2, -0.15) is 0 Å². The lowest BCUT2D eigenvalue weighted by Gasteiger charge is -2.09. The number of rotatable bonds is 5. The maximum atomic E-state index is 12.0. The van der Waals surface area contributed by atoms with Gasteiger partial charge in [-0.25, -0.2) is 0 Å². The molecule has 2 aromatic rings. The van der Waals surface area contributed by atoms with E-state index in [1.54, 1.807) is 36.4 Å². The topological polar surface area (TPSA) is 113 Å². The van der Waals surface area contributed by atoms with Crippen molar-refractivity contribution in [3.05, 3.63) is 70.3 Å². The molecule has 2 rings (SSSR count). The van der Waals surface area contributed by atoms with E-state index in [1.165, 1.54) is 31.2 Å². The summed E-state index contributed by atoms with van der Waals surface area (Å²) >= 11 is 4.96. The van der Waals surface area contributed by atoms with E-state index in [2.05, 4.69) is 16.0 Å². The van der Waals surface area contributed by atoms with Gasteiger partial charge >= 0.3 is 0 Å². The molecule has 0 aliphatic carbocycles. The Hall–Kier alpha value is -3.59. The molecule has 138 valence electrons. The van der Waals surface area contributed by atoms with Crippen LogP contribution in [0.3, 0.4) is 0 Å². The predicted molar refractivity (Wildman–Crippen MR) is 107 cm³/mol. The summed E-state index contributed by atoms with van der Waals surface area (Å²) in [5.74, 6) is -0.650. The first-order chi connectivity index (χ1) is 12.8. The molecule has 8 nitrogen and oxygen atoms in total. The van der Waals surface area contributed by atoms with Gasteiger partial charge in [-0.3, -0.25) is 19.7 Å². The van der Waals surface area contributed by atoms with Crippen LogP contribution in [0.25, 0.3) is 6.08 Å². The number of nitro benzene ring substituents is 1. The van der Waals surface area contributed by atoms with Crippen LogP contribution in [0.15, 0.2) is 54.6 Å². The number of benzene rings is 2. The molecule has 2 aromatic carbocycles. The molecule has 0 spiro atoms. The number of thiocarbonyl (C=S) groups is 1. The smallest absolute Gasteiger partial charge is 0.270 e. The zero-order valence-corrected chi connectivity index (χ0v) is 15.1. The Kier molecular flexibility index (Phi) is 6.73. The molecule has 0 aliphatic rings. The molecule has 0 bridgehead atoms. The third kappa shape index (κ3) is 6.67. The summed E-state index contributed by atoms with van der Waals surface area (Å²) in [7, 11) is 0. The maximum Gasteiger partial charge on any atom is 0.270 e. The summed E-state index contributed by atoms with van der Waals surface area (Å²) in [6.45, 7) is 1.35. The normalized spacial score (nSPS) is 10.3. The van der Waals surface area contributed by atoms with E-state index in [1.807, 2.05) is 0 Å². The quantitative estimate of drug-likeness (QED) is 0.316. The van der Waals surface area contributed by atoms with Gasteiger partial charge in [-0.1, -0.05) is 12.1 Å². The lowest BCUT2D eigenvalue weighted by atomic mass is 10.2. The van der Waals surface area contributed by atoms with Gasteiger partial charge in [0.2, 0.25) is 11.8 Å². The number of non-ortho nitro benzene ring substituents is 1. The van der Waals surface area contributed by atoms with Crippen LogP contribution in [0.5, 0.6) is 0 Å². The van der Waals surface area contributed by atoms with E-state index >= 15 is 0 Å².